The lowest BCUT2D eigenvalue weighted by molar-refractivity contribution is 0.0996. The van der Waals surface area contributed by atoms with Gasteiger partial charge in [0.05, 0.1) is 6.54 Å². The van der Waals surface area contributed by atoms with Crippen molar-refractivity contribution in [2.75, 3.05) is 4.90 Å². The van der Waals surface area contributed by atoms with Gasteiger partial charge in [-0.1, -0.05) is 19.1 Å². The Morgan fingerprint density at radius 1 is 1.24 bits per heavy atom. The van der Waals surface area contributed by atoms with Crippen LogP contribution in [0.4, 0.5) is 5.69 Å². The van der Waals surface area contributed by atoms with Crippen molar-refractivity contribution in [3.05, 3.63) is 70.6 Å². The molecule has 1 saturated carbocycles. The SMILES string of the molecule is Cc1cc2c(c(C3CC3)n1)CN(c1cccc([C@H](C)Cc3nncn3C)c1)C2=O. The molecule has 1 amide bonds. The molecule has 1 aliphatic heterocycles. The summed E-state index contributed by atoms with van der Waals surface area (Å²) in [6.07, 6.45) is 4.91. The number of carbonyl (C=O) groups is 1. The number of fused-ring (bicyclic) bond motifs is 1. The number of amides is 1. The van der Waals surface area contributed by atoms with E-state index < -0.39 is 0 Å². The number of carbonyl (C=O) groups excluding carboxylic acids is 1. The number of benzene rings is 1. The molecule has 1 fully saturated rings. The van der Waals surface area contributed by atoms with Gasteiger partial charge in [-0.15, -0.1) is 10.2 Å². The highest BCUT2D eigenvalue weighted by molar-refractivity contribution is 6.10. The van der Waals surface area contributed by atoms with Gasteiger partial charge in [0, 0.05) is 47.6 Å². The third-order valence-electron chi connectivity index (χ3n) is 6.09. The first kappa shape index (κ1) is 18.0. The van der Waals surface area contributed by atoms with Gasteiger partial charge in [0.2, 0.25) is 0 Å². The second kappa shape index (κ2) is 6.79. The Morgan fingerprint density at radius 2 is 2.07 bits per heavy atom. The van der Waals surface area contributed by atoms with Crippen LogP contribution >= 0.6 is 0 Å². The van der Waals surface area contributed by atoms with Gasteiger partial charge in [0.25, 0.3) is 5.91 Å². The zero-order valence-electron chi connectivity index (χ0n) is 17.1. The van der Waals surface area contributed by atoms with E-state index in [0.29, 0.717) is 12.5 Å². The molecule has 2 aliphatic rings. The fourth-order valence-electron chi connectivity index (χ4n) is 4.24. The van der Waals surface area contributed by atoms with Crippen LogP contribution in [0.25, 0.3) is 0 Å². The van der Waals surface area contributed by atoms with Gasteiger partial charge in [0.15, 0.2) is 0 Å². The summed E-state index contributed by atoms with van der Waals surface area (Å²) in [5, 5.41) is 8.17. The molecular formula is C23H25N5O. The molecule has 2 aromatic heterocycles. The largest absolute Gasteiger partial charge is 0.321 e. The van der Waals surface area contributed by atoms with Gasteiger partial charge in [-0.3, -0.25) is 9.78 Å². The summed E-state index contributed by atoms with van der Waals surface area (Å²) in [4.78, 5) is 19.9. The lowest BCUT2D eigenvalue weighted by Crippen LogP contribution is -2.23. The number of anilines is 1. The first-order valence-corrected chi connectivity index (χ1v) is 10.3. The van der Waals surface area contributed by atoms with Crippen molar-refractivity contribution in [1.82, 2.24) is 19.7 Å². The van der Waals surface area contributed by atoms with Crippen molar-refractivity contribution in [3.8, 4) is 0 Å². The maximum Gasteiger partial charge on any atom is 0.259 e. The molecule has 3 heterocycles. The molecule has 148 valence electrons. The second-order valence-electron chi connectivity index (χ2n) is 8.40. The molecule has 0 bridgehead atoms. The van der Waals surface area contributed by atoms with Crippen molar-refractivity contribution in [3.63, 3.8) is 0 Å². The van der Waals surface area contributed by atoms with E-state index in [9.17, 15) is 4.79 Å². The molecule has 6 heteroatoms. The Balaban J connectivity index is 1.43. The number of rotatable bonds is 5. The van der Waals surface area contributed by atoms with Crippen molar-refractivity contribution in [1.29, 1.82) is 0 Å². The van der Waals surface area contributed by atoms with E-state index in [0.717, 1.165) is 40.4 Å². The predicted octanol–water partition coefficient (Wildman–Crippen LogP) is 3.90. The van der Waals surface area contributed by atoms with E-state index in [1.54, 1.807) is 6.33 Å². The summed E-state index contributed by atoms with van der Waals surface area (Å²) in [7, 11) is 1.96. The van der Waals surface area contributed by atoms with E-state index >= 15 is 0 Å². The van der Waals surface area contributed by atoms with Gasteiger partial charge in [-0.2, -0.15) is 0 Å². The summed E-state index contributed by atoms with van der Waals surface area (Å²) in [5.41, 5.74) is 6.19. The molecule has 29 heavy (non-hydrogen) atoms. The topological polar surface area (TPSA) is 63.9 Å². The van der Waals surface area contributed by atoms with Crippen LogP contribution in [-0.4, -0.2) is 25.7 Å². The van der Waals surface area contributed by atoms with Crippen LogP contribution in [-0.2, 0) is 20.0 Å². The predicted molar refractivity (Wildman–Crippen MR) is 111 cm³/mol. The Labute approximate surface area is 170 Å². The van der Waals surface area contributed by atoms with Crippen molar-refractivity contribution >= 4 is 11.6 Å². The highest BCUT2D eigenvalue weighted by Gasteiger charge is 2.36. The van der Waals surface area contributed by atoms with Gasteiger partial charge in [0.1, 0.15) is 12.2 Å². The van der Waals surface area contributed by atoms with Gasteiger partial charge >= 0.3 is 0 Å². The van der Waals surface area contributed by atoms with Crippen LogP contribution in [0.2, 0.25) is 0 Å². The number of hydrogen-bond acceptors (Lipinski definition) is 4. The first-order valence-electron chi connectivity index (χ1n) is 10.3. The summed E-state index contributed by atoms with van der Waals surface area (Å²) >= 11 is 0. The molecule has 5 rings (SSSR count). The Morgan fingerprint density at radius 3 is 2.79 bits per heavy atom. The van der Waals surface area contributed by atoms with Crippen molar-refractivity contribution < 1.29 is 4.79 Å². The lowest BCUT2D eigenvalue weighted by atomic mass is 9.97. The quantitative estimate of drug-likeness (QED) is 0.666. The van der Waals surface area contributed by atoms with Crippen LogP contribution in [0.1, 0.15) is 70.3 Å². The van der Waals surface area contributed by atoms with Crippen LogP contribution in [0.5, 0.6) is 0 Å². The number of nitrogens with zero attached hydrogens (tertiary/aromatic N) is 5. The third kappa shape index (κ3) is 3.22. The molecule has 0 radical (unpaired) electrons. The summed E-state index contributed by atoms with van der Waals surface area (Å²) in [5.74, 6) is 1.87. The van der Waals surface area contributed by atoms with Crippen molar-refractivity contribution in [2.24, 2.45) is 7.05 Å². The minimum absolute atomic E-state index is 0.0884. The Hall–Kier alpha value is -3.02. The fraction of sp³-hybridized carbons (Fsp3) is 0.391. The molecule has 1 aromatic carbocycles. The van der Waals surface area contributed by atoms with Crippen molar-refractivity contribution in [2.45, 2.75) is 51.5 Å². The van der Waals surface area contributed by atoms with Crippen LogP contribution in [0, 0.1) is 6.92 Å². The van der Waals surface area contributed by atoms with Crippen LogP contribution in [0.3, 0.4) is 0 Å². The number of aromatic nitrogens is 4. The zero-order valence-corrected chi connectivity index (χ0v) is 17.1. The molecule has 1 aliphatic carbocycles. The highest BCUT2D eigenvalue weighted by atomic mass is 16.2. The Bertz CT molecular complexity index is 1100. The van der Waals surface area contributed by atoms with Gasteiger partial charge in [-0.05, 0) is 49.4 Å². The number of pyridine rings is 1. The van der Waals surface area contributed by atoms with E-state index in [1.165, 1.54) is 18.4 Å². The lowest BCUT2D eigenvalue weighted by Gasteiger charge is -2.19. The standard InChI is InChI=1S/C23H25N5O/c1-14(9-21-26-24-13-27(21)3)17-5-4-6-18(11-17)28-12-20-19(23(28)29)10-15(2)25-22(20)16-7-8-16/h4-6,10-11,13-14,16H,7-9,12H2,1-3H3/t14-/m1/s1. The van der Waals surface area contributed by atoms with Crippen LogP contribution in [0.15, 0.2) is 36.7 Å². The van der Waals surface area contributed by atoms with E-state index in [2.05, 4.69) is 29.3 Å². The zero-order chi connectivity index (χ0) is 20.1. The monoisotopic (exact) mass is 387 g/mol. The molecule has 3 aromatic rings. The molecule has 0 saturated heterocycles. The number of aryl methyl sites for hydroxylation is 2. The molecule has 6 nitrogen and oxygen atoms in total. The van der Waals surface area contributed by atoms with E-state index in [4.69, 9.17) is 4.98 Å². The van der Waals surface area contributed by atoms with E-state index in [-0.39, 0.29) is 11.8 Å². The van der Waals surface area contributed by atoms with Gasteiger partial charge in [-0.25, -0.2) is 0 Å². The third-order valence-corrected chi connectivity index (χ3v) is 6.09. The molecule has 0 N–H and O–H groups in total. The average molecular weight is 387 g/mol. The normalized spacial score (nSPS) is 16.9. The summed E-state index contributed by atoms with van der Waals surface area (Å²) in [6.45, 7) is 4.79. The van der Waals surface area contributed by atoms with Gasteiger partial charge < -0.3 is 9.47 Å². The molecule has 0 spiro atoms. The maximum atomic E-state index is 13.2. The Kier molecular flexibility index (Phi) is 4.23. The second-order valence-corrected chi connectivity index (χ2v) is 8.40. The minimum atomic E-state index is 0.0884. The molecule has 1 atom stereocenters. The molecule has 0 unspecified atom stereocenters. The van der Waals surface area contributed by atoms with Crippen LogP contribution < -0.4 is 4.90 Å². The molecular weight excluding hydrogens is 362 g/mol. The number of hydrogen-bond donors (Lipinski definition) is 0. The maximum absolute atomic E-state index is 13.2. The summed E-state index contributed by atoms with van der Waals surface area (Å²) in [6, 6.07) is 10.3. The fourth-order valence-corrected chi connectivity index (χ4v) is 4.24. The first-order chi connectivity index (χ1) is 14.0. The van der Waals surface area contributed by atoms with E-state index in [1.807, 2.05) is 41.6 Å². The smallest absolute Gasteiger partial charge is 0.259 e. The average Bonchev–Trinajstić information content (AvgIpc) is 3.41. The summed E-state index contributed by atoms with van der Waals surface area (Å²) < 4.78 is 1.95. The highest BCUT2D eigenvalue weighted by Crippen LogP contribution is 2.44. The minimum Gasteiger partial charge on any atom is -0.321 e.